The summed E-state index contributed by atoms with van der Waals surface area (Å²) in [5.74, 6) is 1.24. The number of hydrogen-bond acceptors (Lipinski definition) is 3. The van der Waals surface area contributed by atoms with Gasteiger partial charge in [-0.05, 0) is 46.3 Å². The Labute approximate surface area is 108 Å². The summed E-state index contributed by atoms with van der Waals surface area (Å²) in [5.41, 5.74) is 6.22. The number of rotatable bonds is 5. The molecule has 3 N–H and O–H groups in total. The minimum atomic E-state index is 0.130. The van der Waals surface area contributed by atoms with E-state index in [1.807, 2.05) is 30.0 Å². The predicted octanol–water partition coefficient (Wildman–Crippen LogP) is 3.44. The van der Waals surface area contributed by atoms with Gasteiger partial charge in [-0.1, -0.05) is 18.5 Å². The standard InChI is InChI=1S/C11H15BrN2OS/c1-2-3-6-16-10-5-4-8(7-9(10)12)11(13)14-15/h4-5,7,15H,2-3,6H2,1H3,(H2,13,14). The summed E-state index contributed by atoms with van der Waals surface area (Å²) in [4.78, 5) is 1.18. The smallest absolute Gasteiger partial charge is 0.170 e. The van der Waals surface area contributed by atoms with Gasteiger partial charge in [0.05, 0.1) is 0 Å². The van der Waals surface area contributed by atoms with Gasteiger partial charge in [0.25, 0.3) is 0 Å². The van der Waals surface area contributed by atoms with Gasteiger partial charge in [-0.2, -0.15) is 0 Å². The fourth-order valence-electron chi connectivity index (χ4n) is 1.16. The van der Waals surface area contributed by atoms with Crippen LogP contribution >= 0.6 is 27.7 Å². The Morgan fingerprint density at radius 3 is 2.88 bits per heavy atom. The molecule has 1 aromatic rings. The largest absolute Gasteiger partial charge is 0.409 e. The van der Waals surface area contributed by atoms with Crippen molar-refractivity contribution in [2.75, 3.05) is 5.75 Å². The number of oxime groups is 1. The van der Waals surface area contributed by atoms with Crippen molar-refractivity contribution in [3.05, 3.63) is 28.2 Å². The van der Waals surface area contributed by atoms with Crippen molar-refractivity contribution in [3.8, 4) is 0 Å². The second-order valence-electron chi connectivity index (χ2n) is 3.33. The number of halogens is 1. The third-order valence-corrected chi connectivity index (χ3v) is 4.17. The van der Waals surface area contributed by atoms with Crippen LogP contribution in [0.15, 0.2) is 32.7 Å². The third kappa shape index (κ3) is 3.72. The highest BCUT2D eigenvalue weighted by Crippen LogP contribution is 2.29. The molecule has 0 atom stereocenters. The van der Waals surface area contributed by atoms with E-state index >= 15 is 0 Å². The van der Waals surface area contributed by atoms with Crippen molar-refractivity contribution in [1.82, 2.24) is 0 Å². The molecule has 1 rings (SSSR count). The molecule has 1 aromatic carbocycles. The lowest BCUT2D eigenvalue weighted by atomic mass is 10.2. The maximum atomic E-state index is 8.56. The fourth-order valence-corrected chi connectivity index (χ4v) is 2.90. The van der Waals surface area contributed by atoms with Crippen molar-refractivity contribution in [1.29, 1.82) is 0 Å². The number of amidine groups is 1. The van der Waals surface area contributed by atoms with Crippen LogP contribution in [0.3, 0.4) is 0 Å². The zero-order chi connectivity index (χ0) is 12.0. The number of unbranched alkanes of at least 4 members (excludes halogenated alkanes) is 1. The van der Waals surface area contributed by atoms with Gasteiger partial charge in [0.1, 0.15) is 0 Å². The van der Waals surface area contributed by atoms with Crippen LogP contribution in [0, 0.1) is 0 Å². The lowest BCUT2D eigenvalue weighted by Gasteiger charge is -2.06. The van der Waals surface area contributed by atoms with E-state index in [2.05, 4.69) is 28.0 Å². The number of nitrogens with zero attached hydrogens (tertiary/aromatic N) is 1. The van der Waals surface area contributed by atoms with Gasteiger partial charge in [-0.25, -0.2) is 0 Å². The normalized spacial score (nSPS) is 11.8. The fraction of sp³-hybridized carbons (Fsp3) is 0.364. The molecule has 0 saturated carbocycles. The first-order valence-corrected chi connectivity index (χ1v) is 6.87. The van der Waals surface area contributed by atoms with Crippen LogP contribution < -0.4 is 5.73 Å². The molecule has 16 heavy (non-hydrogen) atoms. The van der Waals surface area contributed by atoms with E-state index in [1.54, 1.807) is 0 Å². The first-order chi connectivity index (χ1) is 7.69. The van der Waals surface area contributed by atoms with E-state index in [0.29, 0.717) is 5.56 Å². The molecule has 0 bridgehead atoms. The van der Waals surface area contributed by atoms with Crippen LogP contribution in [-0.4, -0.2) is 16.8 Å². The van der Waals surface area contributed by atoms with Crippen molar-refractivity contribution in [3.63, 3.8) is 0 Å². The molecule has 0 aliphatic heterocycles. The van der Waals surface area contributed by atoms with Gasteiger partial charge in [0.15, 0.2) is 5.84 Å². The highest BCUT2D eigenvalue weighted by atomic mass is 79.9. The topological polar surface area (TPSA) is 58.6 Å². The van der Waals surface area contributed by atoms with Gasteiger partial charge in [0, 0.05) is 14.9 Å². The molecule has 0 saturated heterocycles. The first-order valence-electron chi connectivity index (χ1n) is 5.09. The minimum absolute atomic E-state index is 0.130. The number of thioether (sulfide) groups is 1. The van der Waals surface area contributed by atoms with E-state index < -0.39 is 0 Å². The molecule has 0 aromatic heterocycles. The molecule has 0 aliphatic carbocycles. The molecule has 0 fully saturated rings. The molecule has 5 heteroatoms. The molecule has 0 radical (unpaired) electrons. The van der Waals surface area contributed by atoms with Crippen molar-refractivity contribution < 1.29 is 5.21 Å². The van der Waals surface area contributed by atoms with E-state index in [-0.39, 0.29) is 5.84 Å². The Balaban J connectivity index is 2.75. The Kier molecular flexibility index (Phi) is 5.69. The van der Waals surface area contributed by atoms with Gasteiger partial charge in [0.2, 0.25) is 0 Å². The zero-order valence-corrected chi connectivity index (χ0v) is 11.5. The van der Waals surface area contributed by atoms with Crippen LogP contribution in [0.4, 0.5) is 0 Å². The van der Waals surface area contributed by atoms with E-state index in [0.717, 1.165) is 10.2 Å². The molecular weight excluding hydrogens is 288 g/mol. The summed E-state index contributed by atoms with van der Waals surface area (Å²) >= 11 is 5.29. The van der Waals surface area contributed by atoms with Gasteiger partial charge in [-0.15, -0.1) is 11.8 Å². The molecule has 3 nitrogen and oxygen atoms in total. The van der Waals surface area contributed by atoms with E-state index in [4.69, 9.17) is 10.9 Å². The Morgan fingerprint density at radius 2 is 2.31 bits per heavy atom. The number of nitrogens with two attached hydrogens (primary N) is 1. The monoisotopic (exact) mass is 302 g/mol. The second-order valence-corrected chi connectivity index (χ2v) is 5.32. The van der Waals surface area contributed by atoms with Crippen LogP contribution in [0.1, 0.15) is 25.3 Å². The molecular formula is C11H15BrN2OS. The number of hydrogen-bond donors (Lipinski definition) is 2. The zero-order valence-electron chi connectivity index (χ0n) is 9.11. The average molecular weight is 303 g/mol. The summed E-state index contributed by atoms with van der Waals surface area (Å²) in [6, 6.07) is 5.70. The average Bonchev–Trinajstić information content (AvgIpc) is 2.30. The SMILES string of the molecule is CCCCSc1ccc(/C(N)=N/O)cc1Br. The van der Waals surface area contributed by atoms with Crippen LogP contribution in [0.25, 0.3) is 0 Å². The highest BCUT2D eigenvalue weighted by molar-refractivity contribution is 9.10. The molecule has 0 spiro atoms. The summed E-state index contributed by atoms with van der Waals surface area (Å²) in [6.45, 7) is 2.18. The Morgan fingerprint density at radius 1 is 1.56 bits per heavy atom. The summed E-state index contributed by atoms with van der Waals surface area (Å²) in [7, 11) is 0. The van der Waals surface area contributed by atoms with Gasteiger partial charge < -0.3 is 10.9 Å². The third-order valence-electron chi connectivity index (χ3n) is 2.09. The lowest BCUT2D eigenvalue weighted by molar-refractivity contribution is 0.318. The highest BCUT2D eigenvalue weighted by Gasteiger charge is 2.04. The van der Waals surface area contributed by atoms with Gasteiger partial charge in [-0.3, -0.25) is 0 Å². The Hall–Kier alpha value is -0.680. The molecule has 88 valence electrons. The summed E-state index contributed by atoms with van der Waals surface area (Å²) < 4.78 is 0.984. The minimum Gasteiger partial charge on any atom is -0.409 e. The van der Waals surface area contributed by atoms with Crippen LogP contribution in [0.5, 0.6) is 0 Å². The summed E-state index contributed by atoms with van der Waals surface area (Å²) in [5, 5.41) is 11.5. The van der Waals surface area contributed by atoms with Gasteiger partial charge >= 0.3 is 0 Å². The van der Waals surface area contributed by atoms with Crippen molar-refractivity contribution >= 4 is 33.5 Å². The number of benzene rings is 1. The molecule has 0 heterocycles. The Bertz CT molecular complexity index is 382. The molecule has 0 aliphatic rings. The first kappa shape index (κ1) is 13.4. The lowest BCUT2D eigenvalue weighted by Crippen LogP contribution is -2.12. The maximum Gasteiger partial charge on any atom is 0.170 e. The second kappa shape index (κ2) is 6.81. The molecule has 0 unspecified atom stereocenters. The predicted molar refractivity (Wildman–Crippen MR) is 72.3 cm³/mol. The quantitative estimate of drug-likeness (QED) is 0.219. The van der Waals surface area contributed by atoms with E-state index in [9.17, 15) is 0 Å². The maximum absolute atomic E-state index is 8.56. The van der Waals surface area contributed by atoms with Crippen molar-refractivity contribution in [2.24, 2.45) is 10.9 Å². The van der Waals surface area contributed by atoms with Crippen molar-refractivity contribution in [2.45, 2.75) is 24.7 Å². The molecule has 0 amide bonds. The van der Waals surface area contributed by atoms with Crippen LogP contribution in [0.2, 0.25) is 0 Å². The van der Waals surface area contributed by atoms with E-state index in [1.165, 1.54) is 17.7 Å². The van der Waals surface area contributed by atoms with Crippen LogP contribution in [-0.2, 0) is 0 Å². The summed E-state index contributed by atoms with van der Waals surface area (Å²) in [6.07, 6.45) is 2.41.